The maximum atomic E-state index is 8.81. The molecule has 0 fully saturated rings. The molecule has 0 aliphatic heterocycles. The molecule has 0 aliphatic rings. The van der Waals surface area contributed by atoms with Crippen molar-refractivity contribution in [1.82, 2.24) is 9.97 Å². The highest BCUT2D eigenvalue weighted by Crippen LogP contribution is 2.33. The molecule has 2 aromatic rings. The fourth-order valence-electron chi connectivity index (χ4n) is 2.33. The van der Waals surface area contributed by atoms with Gasteiger partial charge in [-0.3, -0.25) is 0 Å². The van der Waals surface area contributed by atoms with Crippen molar-refractivity contribution >= 4 is 0 Å². The number of nitriles is 1. The highest BCUT2D eigenvalue weighted by molar-refractivity contribution is 5.70. The molecule has 20 heavy (non-hydrogen) atoms. The summed E-state index contributed by atoms with van der Waals surface area (Å²) in [5.74, 6) is 1.36. The summed E-state index contributed by atoms with van der Waals surface area (Å²) in [4.78, 5) is 8.75. The van der Waals surface area contributed by atoms with Crippen LogP contribution >= 0.6 is 0 Å². The van der Waals surface area contributed by atoms with E-state index in [1.54, 1.807) is 7.11 Å². The largest absolute Gasteiger partial charge is 0.496 e. The SMILES string of the molecule is COc1c(C)cc(C)cc1-c1cc(C)nc(CC#N)n1. The van der Waals surface area contributed by atoms with Crippen molar-refractivity contribution in [2.45, 2.75) is 27.2 Å². The molecule has 0 radical (unpaired) electrons. The van der Waals surface area contributed by atoms with Gasteiger partial charge in [0.15, 0.2) is 0 Å². The van der Waals surface area contributed by atoms with Crippen LogP contribution < -0.4 is 4.74 Å². The lowest BCUT2D eigenvalue weighted by atomic mass is 10.0. The zero-order valence-electron chi connectivity index (χ0n) is 12.2. The summed E-state index contributed by atoms with van der Waals surface area (Å²) in [5, 5.41) is 8.81. The summed E-state index contributed by atoms with van der Waals surface area (Å²) in [6.07, 6.45) is 0.210. The average Bonchev–Trinajstić information content (AvgIpc) is 2.37. The van der Waals surface area contributed by atoms with Crippen molar-refractivity contribution in [2.24, 2.45) is 0 Å². The van der Waals surface area contributed by atoms with E-state index in [4.69, 9.17) is 10.00 Å². The molecule has 0 bridgehead atoms. The maximum absolute atomic E-state index is 8.81. The normalized spacial score (nSPS) is 10.2. The van der Waals surface area contributed by atoms with Gasteiger partial charge in [0, 0.05) is 11.3 Å². The van der Waals surface area contributed by atoms with Gasteiger partial charge >= 0.3 is 0 Å². The monoisotopic (exact) mass is 267 g/mol. The zero-order valence-corrected chi connectivity index (χ0v) is 12.2. The third-order valence-electron chi connectivity index (χ3n) is 3.04. The summed E-state index contributed by atoms with van der Waals surface area (Å²) in [6.45, 7) is 5.96. The number of methoxy groups -OCH3 is 1. The van der Waals surface area contributed by atoms with E-state index < -0.39 is 0 Å². The lowest BCUT2D eigenvalue weighted by Gasteiger charge is -2.13. The third-order valence-corrected chi connectivity index (χ3v) is 3.04. The minimum atomic E-state index is 0.210. The number of hydrogen-bond acceptors (Lipinski definition) is 4. The fourth-order valence-corrected chi connectivity index (χ4v) is 2.33. The molecule has 4 nitrogen and oxygen atoms in total. The van der Waals surface area contributed by atoms with Crippen molar-refractivity contribution < 1.29 is 4.74 Å². The highest BCUT2D eigenvalue weighted by atomic mass is 16.5. The first kappa shape index (κ1) is 14.0. The lowest BCUT2D eigenvalue weighted by molar-refractivity contribution is 0.413. The first-order valence-corrected chi connectivity index (χ1v) is 6.42. The van der Waals surface area contributed by atoms with Crippen LogP contribution in [0.15, 0.2) is 18.2 Å². The van der Waals surface area contributed by atoms with Crippen LogP contribution in [-0.4, -0.2) is 17.1 Å². The second-order valence-corrected chi connectivity index (χ2v) is 4.81. The maximum Gasteiger partial charge on any atom is 0.143 e. The molecule has 0 saturated carbocycles. The van der Waals surface area contributed by atoms with Crippen molar-refractivity contribution in [2.75, 3.05) is 7.11 Å². The Morgan fingerprint density at radius 3 is 2.55 bits per heavy atom. The first-order valence-electron chi connectivity index (χ1n) is 6.42. The van der Waals surface area contributed by atoms with Gasteiger partial charge in [-0.2, -0.15) is 5.26 Å². The molecule has 0 N–H and O–H groups in total. The number of nitrogens with zero attached hydrogens (tertiary/aromatic N) is 3. The van der Waals surface area contributed by atoms with E-state index in [0.717, 1.165) is 33.8 Å². The van der Waals surface area contributed by atoms with Gasteiger partial charge in [0.1, 0.15) is 11.6 Å². The van der Waals surface area contributed by atoms with E-state index >= 15 is 0 Å². The molecule has 1 aromatic carbocycles. The number of ether oxygens (including phenoxy) is 1. The average molecular weight is 267 g/mol. The van der Waals surface area contributed by atoms with E-state index in [9.17, 15) is 0 Å². The highest BCUT2D eigenvalue weighted by Gasteiger charge is 2.12. The van der Waals surface area contributed by atoms with Crippen LogP contribution in [0.1, 0.15) is 22.6 Å². The molecule has 0 unspecified atom stereocenters. The quantitative estimate of drug-likeness (QED) is 0.857. The molecule has 2 rings (SSSR count). The van der Waals surface area contributed by atoms with Crippen LogP contribution in [0, 0.1) is 32.1 Å². The van der Waals surface area contributed by atoms with Gasteiger partial charge in [-0.1, -0.05) is 6.07 Å². The minimum Gasteiger partial charge on any atom is -0.496 e. The molecule has 1 aromatic heterocycles. The second-order valence-electron chi connectivity index (χ2n) is 4.81. The minimum absolute atomic E-state index is 0.210. The topological polar surface area (TPSA) is 58.8 Å². The van der Waals surface area contributed by atoms with Crippen molar-refractivity contribution in [1.29, 1.82) is 5.26 Å². The van der Waals surface area contributed by atoms with Gasteiger partial charge in [0.25, 0.3) is 0 Å². The molecular formula is C16H17N3O. The van der Waals surface area contributed by atoms with E-state index in [0.29, 0.717) is 5.82 Å². The van der Waals surface area contributed by atoms with Gasteiger partial charge < -0.3 is 4.74 Å². The molecular weight excluding hydrogens is 250 g/mol. The summed E-state index contributed by atoms with van der Waals surface area (Å²) in [7, 11) is 1.66. The molecule has 0 saturated heterocycles. The zero-order chi connectivity index (χ0) is 14.7. The first-order chi connectivity index (χ1) is 9.55. The second kappa shape index (κ2) is 5.70. The molecule has 1 heterocycles. The van der Waals surface area contributed by atoms with E-state index in [1.165, 1.54) is 0 Å². The number of benzene rings is 1. The third kappa shape index (κ3) is 2.77. The Bertz CT molecular complexity index is 687. The molecule has 0 amide bonds. The standard InChI is InChI=1S/C16H17N3O/c1-10-7-11(2)16(20-4)13(8-10)14-9-12(3)18-15(19-14)5-6-17/h7-9H,5H2,1-4H3. The van der Waals surface area contributed by atoms with Crippen LogP contribution in [0.2, 0.25) is 0 Å². The Labute approximate surface area is 119 Å². The van der Waals surface area contributed by atoms with Crippen LogP contribution in [0.3, 0.4) is 0 Å². The van der Waals surface area contributed by atoms with Crippen LogP contribution in [0.25, 0.3) is 11.3 Å². The summed E-state index contributed by atoms with van der Waals surface area (Å²) in [6, 6.07) is 8.12. The molecule has 0 aliphatic carbocycles. The smallest absolute Gasteiger partial charge is 0.143 e. The predicted molar refractivity (Wildman–Crippen MR) is 77.5 cm³/mol. The molecule has 4 heteroatoms. The Morgan fingerprint density at radius 1 is 1.15 bits per heavy atom. The van der Waals surface area contributed by atoms with Crippen LogP contribution in [0.4, 0.5) is 0 Å². The van der Waals surface area contributed by atoms with E-state index in [1.807, 2.05) is 32.9 Å². The molecule has 0 spiro atoms. The van der Waals surface area contributed by atoms with E-state index in [2.05, 4.69) is 22.1 Å². The van der Waals surface area contributed by atoms with Crippen molar-refractivity contribution in [3.8, 4) is 23.1 Å². The molecule has 0 atom stereocenters. The Balaban J connectivity index is 2.65. The predicted octanol–water partition coefficient (Wildman–Crippen LogP) is 3.14. The number of rotatable bonds is 3. The van der Waals surface area contributed by atoms with Gasteiger partial charge in [-0.25, -0.2) is 9.97 Å². The number of aryl methyl sites for hydroxylation is 3. The lowest BCUT2D eigenvalue weighted by Crippen LogP contribution is -2.00. The Morgan fingerprint density at radius 2 is 1.90 bits per heavy atom. The number of aromatic nitrogens is 2. The van der Waals surface area contributed by atoms with Crippen molar-refractivity contribution in [3.05, 3.63) is 40.8 Å². The number of hydrogen-bond donors (Lipinski definition) is 0. The van der Waals surface area contributed by atoms with Crippen LogP contribution in [0.5, 0.6) is 5.75 Å². The Hall–Kier alpha value is -2.41. The van der Waals surface area contributed by atoms with Gasteiger partial charge in [0.2, 0.25) is 0 Å². The molecule has 102 valence electrons. The van der Waals surface area contributed by atoms with Crippen molar-refractivity contribution in [3.63, 3.8) is 0 Å². The van der Waals surface area contributed by atoms with Crippen LogP contribution in [-0.2, 0) is 6.42 Å². The summed E-state index contributed by atoms with van der Waals surface area (Å²) in [5.41, 5.74) is 4.81. The van der Waals surface area contributed by atoms with E-state index in [-0.39, 0.29) is 6.42 Å². The summed E-state index contributed by atoms with van der Waals surface area (Å²) < 4.78 is 5.50. The fraction of sp³-hybridized carbons (Fsp3) is 0.312. The van der Waals surface area contributed by atoms with Gasteiger partial charge in [-0.05, 0) is 44.0 Å². The summed E-state index contributed by atoms with van der Waals surface area (Å²) >= 11 is 0. The van der Waals surface area contributed by atoms with Gasteiger partial charge in [0.05, 0.1) is 25.3 Å². The Kier molecular flexibility index (Phi) is 3.99. The van der Waals surface area contributed by atoms with Gasteiger partial charge in [-0.15, -0.1) is 0 Å².